The molecule has 2 nitrogen and oxygen atoms in total. The van der Waals surface area contributed by atoms with Crippen molar-refractivity contribution in [3.05, 3.63) is 77.2 Å². The second-order valence-electron chi connectivity index (χ2n) is 5.39. The summed E-state index contributed by atoms with van der Waals surface area (Å²) in [6, 6.07) is 13.7. The molecular weight excluding hydrogens is 258 g/mol. The van der Waals surface area contributed by atoms with Crippen LogP contribution in [0, 0.1) is 20.8 Å². The van der Waals surface area contributed by atoms with Gasteiger partial charge in [-0.25, -0.2) is 0 Å². The quantitative estimate of drug-likeness (QED) is 0.824. The largest absolute Gasteiger partial charge is 0.335 e. The predicted octanol–water partition coefficient (Wildman–Crippen LogP) is 4.15. The minimum absolute atomic E-state index is 0.0696. The molecule has 0 fully saturated rings. The van der Waals surface area contributed by atoms with E-state index in [9.17, 15) is 4.79 Å². The van der Waals surface area contributed by atoms with E-state index in [0.717, 1.165) is 11.1 Å². The maximum atomic E-state index is 12.6. The normalized spacial score (nSPS) is 10.5. The number of carbonyl (C=O) groups excluding carboxylic acids is 1. The van der Waals surface area contributed by atoms with Crippen LogP contribution < -0.4 is 0 Å². The molecule has 1 amide bonds. The highest BCUT2D eigenvalue weighted by Gasteiger charge is 2.16. The summed E-state index contributed by atoms with van der Waals surface area (Å²) < 4.78 is 0. The van der Waals surface area contributed by atoms with E-state index in [-0.39, 0.29) is 5.91 Å². The van der Waals surface area contributed by atoms with E-state index in [2.05, 4.69) is 39.0 Å². The first-order valence-electron chi connectivity index (χ1n) is 7.29. The first kappa shape index (κ1) is 15.3. The van der Waals surface area contributed by atoms with Gasteiger partial charge in [-0.3, -0.25) is 4.79 Å². The fourth-order valence-electron chi connectivity index (χ4n) is 2.45. The van der Waals surface area contributed by atoms with Crippen molar-refractivity contribution in [2.24, 2.45) is 0 Å². The molecule has 0 aliphatic rings. The zero-order valence-corrected chi connectivity index (χ0v) is 13.0. The van der Waals surface area contributed by atoms with Gasteiger partial charge in [0, 0.05) is 18.7 Å². The van der Waals surface area contributed by atoms with Crippen LogP contribution in [0.5, 0.6) is 0 Å². The van der Waals surface area contributed by atoms with Gasteiger partial charge >= 0.3 is 0 Å². The monoisotopic (exact) mass is 280 g/mol. The summed E-state index contributed by atoms with van der Waals surface area (Å²) in [4.78, 5) is 14.5. The average Bonchev–Trinajstić information content (AvgIpc) is 2.47. The van der Waals surface area contributed by atoms with Gasteiger partial charge in [0.1, 0.15) is 0 Å². The van der Waals surface area contributed by atoms with Crippen LogP contribution >= 0.6 is 0 Å². The Labute approximate surface area is 127 Å². The second kappa shape index (κ2) is 6.57. The Morgan fingerprint density at radius 1 is 1.05 bits per heavy atom. The SMILES string of the molecule is [CH2]c1ccc(C(=O)N(CC)Cc2c(C)cccc2C)cc1. The lowest BCUT2D eigenvalue weighted by Crippen LogP contribution is -2.30. The number of hydrogen-bond donors (Lipinski definition) is 0. The first-order valence-corrected chi connectivity index (χ1v) is 7.29. The lowest BCUT2D eigenvalue weighted by atomic mass is 10.0. The summed E-state index contributed by atoms with van der Waals surface area (Å²) in [5.41, 5.74) is 5.34. The molecule has 0 bridgehead atoms. The highest BCUT2D eigenvalue weighted by Crippen LogP contribution is 2.17. The van der Waals surface area contributed by atoms with E-state index in [1.54, 1.807) is 0 Å². The third-order valence-corrected chi connectivity index (χ3v) is 3.86. The summed E-state index contributed by atoms with van der Waals surface area (Å²) in [6.07, 6.45) is 0. The summed E-state index contributed by atoms with van der Waals surface area (Å²) in [7, 11) is 0. The Kier molecular flexibility index (Phi) is 4.79. The maximum absolute atomic E-state index is 12.6. The number of aryl methyl sites for hydroxylation is 2. The van der Waals surface area contributed by atoms with Crippen LogP contribution in [0.3, 0.4) is 0 Å². The lowest BCUT2D eigenvalue weighted by Gasteiger charge is -2.23. The smallest absolute Gasteiger partial charge is 0.254 e. The highest BCUT2D eigenvalue weighted by molar-refractivity contribution is 5.94. The van der Waals surface area contributed by atoms with E-state index in [1.807, 2.05) is 36.1 Å². The minimum Gasteiger partial charge on any atom is -0.335 e. The van der Waals surface area contributed by atoms with E-state index in [0.29, 0.717) is 13.1 Å². The number of hydrogen-bond acceptors (Lipinski definition) is 1. The number of benzene rings is 2. The highest BCUT2D eigenvalue weighted by atomic mass is 16.2. The van der Waals surface area contributed by atoms with Crippen LogP contribution in [0.4, 0.5) is 0 Å². The van der Waals surface area contributed by atoms with Gasteiger partial charge in [0.15, 0.2) is 0 Å². The molecule has 2 rings (SSSR count). The van der Waals surface area contributed by atoms with Crippen molar-refractivity contribution in [3.63, 3.8) is 0 Å². The van der Waals surface area contributed by atoms with E-state index < -0.39 is 0 Å². The molecule has 0 aliphatic carbocycles. The van der Waals surface area contributed by atoms with Gasteiger partial charge in [0.2, 0.25) is 0 Å². The Balaban J connectivity index is 2.24. The molecule has 2 aromatic rings. The van der Waals surface area contributed by atoms with E-state index in [1.165, 1.54) is 16.7 Å². The standard InChI is InChI=1S/C19H22NO/c1-5-20(13-18-15(3)7-6-8-16(18)4)19(21)17-11-9-14(2)10-12-17/h6-12H,2,5,13H2,1,3-4H3. The zero-order valence-electron chi connectivity index (χ0n) is 13.0. The Morgan fingerprint density at radius 3 is 2.14 bits per heavy atom. The van der Waals surface area contributed by atoms with Gasteiger partial charge in [-0.1, -0.05) is 30.3 Å². The molecule has 0 N–H and O–H groups in total. The van der Waals surface area contributed by atoms with Gasteiger partial charge in [-0.15, -0.1) is 0 Å². The number of rotatable bonds is 4. The third-order valence-electron chi connectivity index (χ3n) is 3.86. The van der Waals surface area contributed by atoms with Gasteiger partial charge in [-0.2, -0.15) is 0 Å². The molecule has 0 spiro atoms. The van der Waals surface area contributed by atoms with Crippen molar-refractivity contribution in [2.45, 2.75) is 27.3 Å². The Hall–Kier alpha value is -2.09. The summed E-state index contributed by atoms with van der Waals surface area (Å²) in [6.45, 7) is 11.4. The van der Waals surface area contributed by atoms with Gasteiger partial charge in [0.25, 0.3) is 5.91 Å². The van der Waals surface area contributed by atoms with Crippen LogP contribution in [0.25, 0.3) is 0 Å². The zero-order chi connectivity index (χ0) is 15.4. The van der Waals surface area contributed by atoms with Crippen molar-refractivity contribution >= 4 is 5.91 Å². The Morgan fingerprint density at radius 2 is 1.62 bits per heavy atom. The molecule has 0 atom stereocenters. The van der Waals surface area contributed by atoms with Crippen LogP contribution in [-0.2, 0) is 6.54 Å². The fraction of sp³-hybridized carbons (Fsp3) is 0.263. The van der Waals surface area contributed by atoms with Gasteiger partial charge in [-0.05, 0) is 62.1 Å². The lowest BCUT2D eigenvalue weighted by molar-refractivity contribution is 0.0752. The molecule has 0 aromatic heterocycles. The summed E-state index contributed by atoms with van der Waals surface area (Å²) in [5.74, 6) is 0.0696. The molecule has 2 heteroatoms. The van der Waals surface area contributed by atoms with E-state index in [4.69, 9.17) is 0 Å². The van der Waals surface area contributed by atoms with Crippen LogP contribution in [0.1, 0.15) is 39.5 Å². The minimum atomic E-state index is 0.0696. The first-order chi connectivity index (χ1) is 10.0. The second-order valence-corrected chi connectivity index (χ2v) is 5.39. The van der Waals surface area contributed by atoms with Crippen molar-refractivity contribution in [3.8, 4) is 0 Å². The molecule has 0 saturated carbocycles. The van der Waals surface area contributed by atoms with Crippen LogP contribution in [0.2, 0.25) is 0 Å². The average molecular weight is 280 g/mol. The van der Waals surface area contributed by atoms with Crippen molar-refractivity contribution in [1.82, 2.24) is 4.90 Å². The third kappa shape index (κ3) is 3.52. The van der Waals surface area contributed by atoms with Crippen molar-refractivity contribution in [1.29, 1.82) is 0 Å². The molecule has 2 aromatic carbocycles. The van der Waals surface area contributed by atoms with Crippen molar-refractivity contribution in [2.75, 3.05) is 6.54 Å². The molecule has 0 unspecified atom stereocenters. The molecule has 0 saturated heterocycles. The Bertz CT molecular complexity index is 608. The molecule has 1 radical (unpaired) electrons. The fourth-order valence-corrected chi connectivity index (χ4v) is 2.45. The van der Waals surface area contributed by atoms with Gasteiger partial charge in [0.05, 0.1) is 0 Å². The van der Waals surface area contributed by atoms with Crippen LogP contribution in [-0.4, -0.2) is 17.4 Å². The van der Waals surface area contributed by atoms with E-state index >= 15 is 0 Å². The van der Waals surface area contributed by atoms with Crippen molar-refractivity contribution < 1.29 is 4.79 Å². The topological polar surface area (TPSA) is 20.3 Å². The molecule has 0 aliphatic heterocycles. The number of amides is 1. The maximum Gasteiger partial charge on any atom is 0.254 e. The number of nitrogens with zero attached hydrogens (tertiary/aromatic N) is 1. The molecule has 109 valence electrons. The molecule has 0 heterocycles. The van der Waals surface area contributed by atoms with Crippen LogP contribution in [0.15, 0.2) is 42.5 Å². The molecular formula is C19H22NO. The predicted molar refractivity (Wildman–Crippen MR) is 87.2 cm³/mol. The number of carbonyl (C=O) groups is 1. The molecule has 21 heavy (non-hydrogen) atoms. The van der Waals surface area contributed by atoms with Gasteiger partial charge < -0.3 is 4.90 Å². The summed E-state index contributed by atoms with van der Waals surface area (Å²) in [5, 5.41) is 0. The summed E-state index contributed by atoms with van der Waals surface area (Å²) >= 11 is 0.